The maximum atomic E-state index is 12.2. The summed E-state index contributed by atoms with van der Waals surface area (Å²) < 4.78 is 7.64. The Bertz CT molecular complexity index is 1490. The van der Waals surface area contributed by atoms with Gasteiger partial charge in [-0.15, -0.1) is 5.06 Å². The number of nitrogens with zero attached hydrogens (tertiary/aromatic N) is 7. The Morgan fingerprint density at radius 3 is 2.66 bits per heavy atom. The van der Waals surface area contributed by atoms with Gasteiger partial charge in [-0.3, -0.25) is 19.3 Å². The van der Waals surface area contributed by atoms with Crippen molar-refractivity contribution in [3.63, 3.8) is 0 Å². The van der Waals surface area contributed by atoms with Crippen molar-refractivity contribution >= 4 is 34.6 Å². The molecule has 1 aliphatic rings. The second kappa shape index (κ2) is 10.6. The Labute approximate surface area is 217 Å². The monoisotopic (exact) mass is 515 g/mol. The fourth-order valence-electron chi connectivity index (χ4n) is 4.03. The minimum absolute atomic E-state index is 0.0516. The Kier molecular flexibility index (Phi) is 6.94. The second-order valence-electron chi connectivity index (χ2n) is 8.76. The first-order valence-electron chi connectivity index (χ1n) is 12.0. The molecule has 4 aromatic rings. The average Bonchev–Trinajstić information content (AvgIpc) is 3.45. The van der Waals surface area contributed by atoms with Crippen LogP contribution in [-0.4, -0.2) is 67.8 Å². The number of amides is 2. The lowest BCUT2D eigenvalue weighted by Gasteiger charge is -2.20. The number of carbonyl (C=O) groups excluding carboxylic acids is 3. The number of aryl methyl sites for hydroxylation is 1. The van der Waals surface area contributed by atoms with Crippen LogP contribution in [0.2, 0.25) is 0 Å². The fourth-order valence-corrected chi connectivity index (χ4v) is 4.03. The van der Waals surface area contributed by atoms with E-state index in [0.717, 1.165) is 10.9 Å². The van der Waals surface area contributed by atoms with Gasteiger partial charge in [-0.1, -0.05) is 12.1 Å². The third-order valence-corrected chi connectivity index (χ3v) is 5.99. The molecular formula is C26H25N7O5. The lowest BCUT2D eigenvalue weighted by molar-refractivity contribution is -0.197. The standard InChI is InChI=1S/C26H25N7O5/c1-31(25-20-16-28-32(2)26(20)30-24(29-25)18-6-4-10-27-15-18)11-12-37-19-7-3-5-17(13-19)14-23(36)38-33-21(34)8-9-22(33)35/h3-7,10,13,15-16H,8-9,11-12,14H2,1-2H3. The number of hydrogen-bond acceptors (Lipinski definition) is 10. The third-order valence-electron chi connectivity index (χ3n) is 5.99. The van der Waals surface area contributed by atoms with Crippen LogP contribution in [0.4, 0.5) is 5.82 Å². The van der Waals surface area contributed by atoms with E-state index < -0.39 is 17.8 Å². The molecule has 0 bridgehead atoms. The molecular weight excluding hydrogens is 490 g/mol. The third kappa shape index (κ3) is 5.28. The molecule has 0 saturated carbocycles. The minimum Gasteiger partial charge on any atom is -0.492 e. The van der Waals surface area contributed by atoms with E-state index in [9.17, 15) is 14.4 Å². The predicted octanol–water partition coefficient (Wildman–Crippen LogP) is 2.09. The molecule has 5 rings (SSSR count). The number of pyridine rings is 1. The molecule has 1 fully saturated rings. The molecule has 2 amide bonds. The number of hydroxylamine groups is 2. The number of fused-ring (bicyclic) bond motifs is 1. The zero-order valence-corrected chi connectivity index (χ0v) is 20.9. The van der Waals surface area contributed by atoms with Crippen molar-refractivity contribution < 1.29 is 24.0 Å². The van der Waals surface area contributed by atoms with Crippen LogP contribution >= 0.6 is 0 Å². The number of imide groups is 1. The number of likely N-dealkylation sites (N-methyl/N-ethyl adjacent to an activating group) is 1. The molecule has 12 heteroatoms. The summed E-state index contributed by atoms with van der Waals surface area (Å²) in [4.78, 5) is 56.1. The highest BCUT2D eigenvalue weighted by Crippen LogP contribution is 2.26. The van der Waals surface area contributed by atoms with E-state index in [4.69, 9.17) is 14.6 Å². The van der Waals surface area contributed by atoms with E-state index in [-0.39, 0.29) is 19.3 Å². The van der Waals surface area contributed by atoms with Crippen molar-refractivity contribution in [3.8, 4) is 17.1 Å². The van der Waals surface area contributed by atoms with Crippen molar-refractivity contribution in [2.45, 2.75) is 19.3 Å². The summed E-state index contributed by atoms with van der Waals surface area (Å²) in [6.07, 6.45) is 5.15. The number of benzene rings is 1. The van der Waals surface area contributed by atoms with Crippen molar-refractivity contribution in [1.82, 2.24) is 29.8 Å². The first-order chi connectivity index (χ1) is 18.4. The molecule has 0 spiro atoms. The minimum atomic E-state index is -0.695. The van der Waals surface area contributed by atoms with Crippen molar-refractivity contribution in [1.29, 1.82) is 0 Å². The van der Waals surface area contributed by atoms with Gasteiger partial charge >= 0.3 is 5.97 Å². The van der Waals surface area contributed by atoms with Crippen LogP contribution in [0.25, 0.3) is 22.4 Å². The van der Waals surface area contributed by atoms with Gasteiger partial charge in [0, 0.05) is 44.9 Å². The first-order valence-corrected chi connectivity index (χ1v) is 12.0. The Balaban J connectivity index is 1.23. The summed E-state index contributed by atoms with van der Waals surface area (Å²) in [7, 11) is 3.75. The molecule has 1 aliphatic heterocycles. The normalized spacial score (nSPS) is 13.3. The molecule has 194 valence electrons. The highest BCUT2D eigenvalue weighted by atomic mass is 16.7. The number of anilines is 1. The van der Waals surface area contributed by atoms with Crippen LogP contribution in [-0.2, 0) is 32.7 Å². The van der Waals surface area contributed by atoms with E-state index in [2.05, 4.69) is 15.1 Å². The summed E-state index contributed by atoms with van der Waals surface area (Å²) in [6, 6.07) is 10.8. The molecule has 1 aromatic carbocycles. The Morgan fingerprint density at radius 1 is 1.08 bits per heavy atom. The number of rotatable bonds is 9. The predicted molar refractivity (Wildman–Crippen MR) is 136 cm³/mol. The largest absolute Gasteiger partial charge is 0.492 e. The summed E-state index contributed by atoms with van der Waals surface area (Å²) in [5.41, 5.74) is 2.14. The van der Waals surface area contributed by atoms with Gasteiger partial charge in [0.2, 0.25) is 0 Å². The molecule has 38 heavy (non-hydrogen) atoms. The first kappa shape index (κ1) is 24.8. The summed E-state index contributed by atoms with van der Waals surface area (Å²) >= 11 is 0. The van der Waals surface area contributed by atoms with Crippen LogP contribution in [0.1, 0.15) is 18.4 Å². The summed E-state index contributed by atoms with van der Waals surface area (Å²) in [5, 5.41) is 5.70. The number of carbonyl (C=O) groups is 3. The number of ether oxygens (including phenoxy) is 1. The van der Waals surface area contributed by atoms with Crippen LogP contribution < -0.4 is 9.64 Å². The molecule has 12 nitrogen and oxygen atoms in total. The topological polar surface area (TPSA) is 133 Å². The van der Waals surface area contributed by atoms with Gasteiger partial charge in [0.25, 0.3) is 11.8 Å². The molecule has 0 unspecified atom stereocenters. The van der Waals surface area contributed by atoms with E-state index >= 15 is 0 Å². The molecule has 0 N–H and O–H groups in total. The maximum Gasteiger partial charge on any atom is 0.337 e. The lowest BCUT2D eigenvalue weighted by atomic mass is 10.1. The fraction of sp³-hybridized carbons (Fsp3) is 0.269. The van der Waals surface area contributed by atoms with Gasteiger partial charge in [0.1, 0.15) is 18.2 Å². The van der Waals surface area contributed by atoms with Crippen LogP contribution in [0.3, 0.4) is 0 Å². The molecule has 3 aromatic heterocycles. The van der Waals surface area contributed by atoms with E-state index in [0.29, 0.717) is 46.8 Å². The zero-order valence-electron chi connectivity index (χ0n) is 20.9. The quantitative estimate of drug-likeness (QED) is 0.305. The van der Waals surface area contributed by atoms with Crippen LogP contribution in [0, 0.1) is 0 Å². The van der Waals surface area contributed by atoms with Gasteiger partial charge in [-0.2, -0.15) is 5.10 Å². The van der Waals surface area contributed by atoms with Gasteiger partial charge in [-0.05, 0) is 29.8 Å². The van der Waals surface area contributed by atoms with Crippen molar-refractivity contribution in [2.75, 3.05) is 25.1 Å². The SMILES string of the molecule is CN(CCOc1cccc(CC(=O)ON2C(=O)CCC2=O)c1)c1nc(-c2cccnc2)nc2c1cnn2C. The lowest BCUT2D eigenvalue weighted by Crippen LogP contribution is -2.32. The van der Waals surface area contributed by atoms with Crippen LogP contribution in [0.5, 0.6) is 5.75 Å². The smallest absolute Gasteiger partial charge is 0.337 e. The van der Waals surface area contributed by atoms with E-state index in [1.807, 2.05) is 31.1 Å². The van der Waals surface area contributed by atoms with Gasteiger partial charge in [0.05, 0.1) is 24.5 Å². The molecule has 0 atom stereocenters. The molecule has 4 heterocycles. The number of hydrogen-bond donors (Lipinski definition) is 0. The maximum absolute atomic E-state index is 12.2. The average molecular weight is 516 g/mol. The van der Waals surface area contributed by atoms with E-state index in [1.165, 1.54) is 0 Å². The highest BCUT2D eigenvalue weighted by Gasteiger charge is 2.32. The summed E-state index contributed by atoms with van der Waals surface area (Å²) in [5.74, 6) is 0.122. The summed E-state index contributed by atoms with van der Waals surface area (Å²) in [6.45, 7) is 0.855. The van der Waals surface area contributed by atoms with Crippen molar-refractivity contribution in [2.24, 2.45) is 7.05 Å². The molecule has 1 saturated heterocycles. The van der Waals surface area contributed by atoms with E-state index in [1.54, 1.807) is 47.5 Å². The Morgan fingerprint density at radius 2 is 1.89 bits per heavy atom. The Hall–Kier alpha value is -4.87. The van der Waals surface area contributed by atoms with Crippen molar-refractivity contribution in [3.05, 3.63) is 60.6 Å². The zero-order chi connectivity index (χ0) is 26.6. The highest BCUT2D eigenvalue weighted by molar-refractivity contribution is 6.01. The molecule has 0 radical (unpaired) electrons. The number of aromatic nitrogens is 5. The van der Waals surface area contributed by atoms with Crippen LogP contribution in [0.15, 0.2) is 55.0 Å². The van der Waals surface area contributed by atoms with Gasteiger partial charge < -0.3 is 14.5 Å². The van der Waals surface area contributed by atoms with Gasteiger partial charge in [0.15, 0.2) is 11.5 Å². The second-order valence-corrected chi connectivity index (χ2v) is 8.76. The molecule has 0 aliphatic carbocycles. The van der Waals surface area contributed by atoms with Gasteiger partial charge in [-0.25, -0.2) is 14.8 Å².